The Morgan fingerprint density at radius 1 is 0.556 bits per heavy atom. The maximum atomic E-state index is 10.2. The molecule has 0 bridgehead atoms. The highest BCUT2D eigenvalue weighted by molar-refractivity contribution is 5.92. The smallest absolute Gasteiger partial charge is 0.147 e. The van der Waals surface area contributed by atoms with Gasteiger partial charge in [0.15, 0.2) is 0 Å². The molecule has 0 saturated carbocycles. The summed E-state index contributed by atoms with van der Waals surface area (Å²) in [6.07, 6.45) is -13.3. The van der Waals surface area contributed by atoms with Crippen molar-refractivity contribution in [2.75, 3.05) is 13.2 Å². The van der Waals surface area contributed by atoms with Crippen LogP contribution in [0.2, 0.25) is 0 Å². The van der Waals surface area contributed by atoms with Crippen LogP contribution >= 0.6 is 0 Å². The quantitative estimate of drug-likeness (QED) is 0.201. The first kappa shape index (κ1) is 26.5. The van der Waals surface area contributed by atoms with Gasteiger partial charge in [0.2, 0.25) is 0 Å². The van der Waals surface area contributed by atoms with Crippen molar-refractivity contribution >= 4 is 10.8 Å². The molecule has 2 fully saturated rings. The molecular weight excluding hydrogens is 472 g/mol. The molecule has 2 saturated heterocycles. The molecule has 2 aromatic carbocycles. The van der Waals surface area contributed by atoms with Crippen molar-refractivity contribution in [3.63, 3.8) is 0 Å². The van der Waals surface area contributed by atoms with Crippen molar-refractivity contribution < 1.29 is 50.3 Å². The fraction of sp³-hybridized carbons (Fsp3) is 0.462. The molecule has 0 spiro atoms. The predicted molar refractivity (Wildman–Crippen MR) is 125 cm³/mol. The van der Waals surface area contributed by atoms with Gasteiger partial charge in [0.25, 0.3) is 0 Å². The molecule has 4 rings (SSSR count). The molecule has 2 aliphatic rings. The van der Waals surface area contributed by atoms with Crippen LogP contribution in [-0.4, -0.2) is 115 Å². The average molecular weight is 501 g/mol. The average Bonchev–Trinajstić information content (AvgIpc) is 2.89. The number of fused-ring (bicyclic) bond motifs is 1. The number of benzene rings is 2. The Morgan fingerprint density at radius 2 is 0.944 bits per heavy atom. The minimum atomic E-state index is -1.52. The highest BCUT2D eigenvalue weighted by atomic mass is 16.5. The minimum Gasteiger partial charge on any atom is -0.394 e. The molecule has 0 aliphatic carbocycles. The van der Waals surface area contributed by atoms with Crippen LogP contribution in [0.15, 0.2) is 36.4 Å². The highest BCUT2D eigenvalue weighted by Crippen LogP contribution is 2.25. The number of aliphatic hydroxyl groups excluding tert-OH is 8. The van der Waals surface area contributed by atoms with E-state index in [1.807, 2.05) is 12.1 Å². The lowest BCUT2D eigenvalue weighted by atomic mass is 9.94. The Kier molecular flexibility index (Phi) is 8.25. The first-order valence-corrected chi connectivity index (χ1v) is 11.4. The van der Waals surface area contributed by atoms with Crippen molar-refractivity contribution in [2.24, 2.45) is 0 Å². The van der Waals surface area contributed by atoms with Gasteiger partial charge in [-0.2, -0.15) is 0 Å². The highest BCUT2D eigenvalue weighted by Gasteiger charge is 2.43. The predicted octanol–water partition coefficient (Wildman–Crippen LogP) is -2.77. The third kappa shape index (κ3) is 5.11. The summed E-state index contributed by atoms with van der Waals surface area (Å²) in [7, 11) is 0. The van der Waals surface area contributed by atoms with Crippen LogP contribution in [-0.2, 0) is 9.47 Å². The molecule has 0 aromatic heterocycles. The van der Waals surface area contributed by atoms with E-state index in [0.29, 0.717) is 11.1 Å². The summed E-state index contributed by atoms with van der Waals surface area (Å²) in [5, 5.41) is 80.4. The Morgan fingerprint density at radius 3 is 1.31 bits per heavy atom. The van der Waals surface area contributed by atoms with Gasteiger partial charge in [-0.15, -0.1) is 0 Å². The lowest BCUT2D eigenvalue weighted by molar-refractivity contribution is -0.214. The van der Waals surface area contributed by atoms with E-state index in [2.05, 4.69) is 23.7 Å². The monoisotopic (exact) mass is 500 g/mol. The van der Waals surface area contributed by atoms with Gasteiger partial charge in [-0.1, -0.05) is 47.9 Å². The van der Waals surface area contributed by atoms with E-state index >= 15 is 0 Å². The van der Waals surface area contributed by atoms with Gasteiger partial charge in [-0.05, 0) is 22.9 Å². The van der Waals surface area contributed by atoms with Gasteiger partial charge in [0, 0.05) is 11.1 Å². The number of hydrogen-bond donors (Lipinski definition) is 8. The Labute approximate surface area is 207 Å². The number of aliphatic hydroxyl groups is 8. The van der Waals surface area contributed by atoms with Gasteiger partial charge in [0.05, 0.1) is 13.2 Å². The lowest BCUT2D eigenvalue weighted by Gasteiger charge is -2.37. The van der Waals surface area contributed by atoms with Crippen LogP contribution in [0.1, 0.15) is 11.1 Å². The maximum absolute atomic E-state index is 10.2. The van der Waals surface area contributed by atoms with Gasteiger partial charge in [-0.3, -0.25) is 0 Å². The van der Waals surface area contributed by atoms with E-state index < -0.39 is 74.3 Å². The molecule has 2 aromatic rings. The molecule has 0 amide bonds. The van der Waals surface area contributed by atoms with Crippen LogP contribution in [0, 0.1) is 23.7 Å². The number of rotatable bonds is 2. The van der Waals surface area contributed by atoms with E-state index in [1.165, 1.54) is 0 Å². The summed E-state index contributed by atoms with van der Waals surface area (Å²) in [6.45, 7) is -1.10. The van der Waals surface area contributed by atoms with Gasteiger partial charge < -0.3 is 50.3 Å². The summed E-state index contributed by atoms with van der Waals surface area (Å²) in [5.41, 5.74) is 1.14. The number of ether oxygens (including phenoxy) is 2. The molecule has 1 unspecified atom stereocenters. The molecule has 0 radical (unpaired) electrons. The fourth-order valence-corrected chi connectivity index (χ4v) is 4.27. The second kappa shape index (κ2) is 11.2. The molecule has 8 N–H and O–H groups in total. The lowest BCUT2D eigenvalue weighted by Crippen LogP contribution is -2.58. The van der Waals surface area contributed by atoms with Crippen molar-refractivity contribution in [3.8, 4) is 23.7 Å². The molecule has 10 atom stereocenters. The minimum absolute atomic E-state index is 0.548. The van der Waals surface area contributed by atoms with E-state index in [4.69, 9.17) is 9.47 Å². The van der Waals surface area contributed by atoms with Crippen LogP contribution < -0.4 is 0 Å². The summed E-state index contributed by atoms with van der Waals surface area (Å²) < 4.78 is 10.9. The third-order valence-corrected chi connectivity index (χ3v) is 6.40. The first-order valence-electron chi connectivity index (χ1n) is 11.4. The molecule has 2 aliphatic heterocycles. The van der Waals surface area contributed by atoms with Gasteiger partial charge in [0.1, 0.15) is 61.0 Å². The van der Waals surface area contributed by atoms with Crippen LogP contribution in [0.4, 0.5) is 0 Å². The molecule has 2 heterocycles. The summed E-state index contributed by atoms with van der Waals surface area (Å²) in [6, 6.07) is 10.6. The SMILES string of the molecule is OC[C@H]1O[C@H](C#Cc2cccc3c(C#CC4O[C@H](CO)[C@@H](O)[C@H](O)[C@@H]4O)cccc23)[C@@H](O)[C@@H](O)[C@@H]1O. The van der Waals surface area contributed by atoms with Gasteiger partial charge >= 0.3 is 0 Å². The van der Waals surface area contributed by atoms with Crippen molar-refractivity contribution in [1.82, 2.24) is 0 Å². The van der Waals surface area contributed by atoms with Gasteiger partial charge in [-0.25, -0.2) is 0 Å². The topological polar surface area (TPSA) is 180 Å². The maximum Gasteiger partial charge on any atom is 0.147 e. The number of hydrogen-bond acceptors (Lipinski definition) is 10. The first-order chi connectivity index (χ1) is 17.3. The Balaban J connectivity index is 1.62. The van der Waals surface area contributed by atoms with Crippen molar-refractivity contribution in [3.05, 3.63) is 47.5 Å². The zero-order chi connectivity index (χ0) is 26.0. The molecule has 192 valence electrons. The summed E-state index contributed by atoms with van der Waals surface area (Å²) in [5.74, 6) is 11.4. The van der Waals surface area contributed by atoms with Crippen LogP contribution in [0.3, 0.4) is 0 Å². The zero-order valence-electron chi connectivity index (χ0n) is 19.0. The molecule has 10 nitrogen and oxygen atoms in total. The summed E-state index contributed by atoms with van der Waals surface area (Å²) >= 11 is 0. The Bertz CT molecular complexity index is 1100. The van der Waals surface area contributed by atoms with Crippen molar-refractivity contribution in [2.45, 2.75) is 61.0 Å². The second-order valence-electron chi connectivity index (χ2n) is 8.74. The van der Waals surface area contributed by atoms with E-state index in [9.17, 15) is 40.9 Å². The van der Waals surface area contributed by atoms with Crippen LogP contribution in [0.25, 0.3) is 10.8 Å². The molecular formula is C26H28O10. The van der Waals surface area contributed by atoms with E-state index in [-0.39, 0.29) is 0 Å². The standard InChI is InChI=1S/C26H28O10/c27-11-19-23(31)25(33)21(29)17(35-19)9-7-13-3-1-5-15-14(4-2-6-16(13)15)8-10-18-22(30)26(34)24(32)20(12-28)36-18/h1-6,17-34H,11-12H2/t17-,18?,19-,20-,21-,22-,23-,24-,25-,26-/m1/s1. The summed E-state index contributed by atoms with van der Waals surface area (Å²) in [4.78, 5) is 0. The van der Waals surface area contributed by atoms with Crippen molar-refractivity contribution in [1.29, 1.82) is 0 Å². The largest absolute Gasteiger partial charge is 0.394 e. The normalized spacial score (nSPS) is 36.4. The molecule has 36 heavy (non-hydrogen) atoms. The fourth-order valence-electron chi connectivity index (χ4n) is 4.27. The second-order valence-corrected chi connectivity index (χ2v) is 8.74. The zero-order valence-corrected chi connectivity index (χ0v) is 19.0. The van der Waals surface area contributed by atoms with E-state index in [0.717, 1.165) is 10.8 Å². The van der Waals surface area contributed by atoms with E-state index in [1.54, 1.807) is 24.3 Å². The third-order valence-electron chi connectivity index (χ3n) is 6.40. The molecule has 10 heteroatoms. The Hall–Kier alpha value is -2.58. The van der Waals surface area contributed by atoms with Crippen LogP contribution in [0.5, 0.6) is 0 Å².